The lowest BCUT2D eigenvalue weighted by Gasteiger charge is -2.03. The molecule has 0 saturated heterocycles. The van der Waals surface area contributed by atoms with Crippen LogP contribution in [0.15, 0.2) is 82.3 Å². The number of nitrogens with zero attached hydrogens (tertiary/aromatic N) is 1. The van der Waals surface area contributed by atoms with Gasteiger partial charge in [0.2, 0.25) is 0 Å². The lowest BCUT2D eigenvalue weighted by atomic mass is 10.2. The van der Waals surface area contributed by atoms with Crippen molar-refractivity contribution in [2.24, 2.45) is 5.10 Å². The first-order chi connectivity index (χ1) is 17.0. The predicted octanol–water partition coefficient (Wildman–Crippen LogP) is 6.29. The molecule has 0 aliphatic carbocycles. The number of hydrazone groups is 1. The number of para-hydroxylation sites is 1. The van der Waals surface area contributed by atoms with Gasteiger partial charge < -0.3 is 13.9 Å². The number of thiophene rings is 1. The van der Waals surface area contributed by atoms with Crippen molar-refractivity contribution in [3.05, 3.63) is 94.0 Å². The fraction of sp³-hybridized carbons (Fsp3) is 0.0385. The summed E-state index contributed by atoms with van der Waals surface area (Å²) < 4.78 is 17.0. The van der Waals surface area contributed by atoms with Gasteiger partial charge in [-0.05, 0) is 60.2 Å². The second-order valence-electron chi connectivity index (χ2n) is 7.41. The number of furan rings is 1. The zero-order valence-corrected chi connectivity index (χ0v) is 19.9. The van der Waals surface area contributed by atoms with Crippen LogP contribution in [0.25, 0.3) is 21.1 Å². The number of esters is 1. The summed E-state index contributed by atoms with van der Waals surface area (Å²) in [6, 6.07) is 21.1. The molecular weight excluding hydrogens is 488 g/mol. The largest absolute Gasteiger partial charge is 0.497 e. The molecule has 35 heavy (non-hydrogen) atoms. The Balaban J connectivity index is 1.22. The highest BCUT2D eigenvalue weighted by molar-refractivity contribution is 7.21. The van der Waals surface area contributed by atoms with Crippen LogP contribution < -0.4 is 14.9 Å². The molecule has 1 N–H and O–H groups in total. The molecule has 0 saturated carbocycles. The second-order valence-corrected chi connectivity index (χ2v) is 8.84. The number of hydrogen-bond donors (Lipinski definition) is 1. The van der Waals surface area contributed by atoms with Gasteiger partial charge in [0.15, 0.2) is 5.76 Å². The summed E-state index contributed by atoms with van der Waals surface area (Å²) in [5, 5.41) is 5.91. The van der Waals surface area contributed by atoms with E-state index in [2.05, 4.69) is 10.5 Å². The average Bonchev–Trinajstić information content (AvgIpc) is 3.46. The maximum Gasteiger partial charge on any atom is 0.355 e. The molecule has 174 valence electrons. The van der Waals surface area contributed by atoms with Crippen LogP contribution in [0.5, 0.6) is 11.5 Å². The third kappa shape index (κ3) is 4.75. The van der Waals surface area contributed by atoms with E-state index >= 15 is 0 Å². The molecule has 0 atom stereocenters. The van der Waals surface area contributed by atoms with Crippen molar-refractivity contribution < 1.29 is 23.5 Å². The summed E-state index contributed by atoms with van der Waals surface area (Å²) in [6.07, 6.45) is 1.47. The molecule has 3 aromatic carbocycles. The minimum absolute atomic E-state index is 0.170. The summed E-state index contributed by atoms with van der Waals surface area (Å²) in [6.45, 7) is 0. The van der Waals surface area contributed by atoms with Crippen molar-refractivity contribution in [1.29, 1.82) is 0 Å². The molecule has 0 radical (unpaired) electrons. The van der Waals surface area contributed by atoms with Crippen LogP contribution in [0.2, 0.25) is 5.02 Å². The molecule has 5 aromatic rings. The first kappa shape index (κ1) is 22.6. The summed E-state index contributed by atoms with van der Waals surface area (Å²) >= 11 is 7.64. The quantitative estimate of drug-likeness (QED) is 0.127. The minimum Gasteiger partial charge on any atom is -0.497 e. The fourth-order valence-electron chi connectivity index (χ4n) is 3.39. The normalized spacial score (nSPS) is 11.3. The Kier molecular flexibility index (Phi) is 6.22. The molecule has 7 nitrogen and oxygen atoms in total. The highest BCUT2D eigenvalue weighted by atomic mass is 35.5. The van der Waals surface area contributed by atoms with Gasteiger partial charge in [0.1, 0.15) is 22.0 Å². The summed E-state index contributed by atoms with van der Waals surface area (Å²) in [5.41, 5.74) is 3.76. The van der Waals surface area contributed by atoms with Crippen LogP contribution in [0, 0.1) is 0 Å². The van der Waals surface area contributed by atoms with E-state index in [1.165, 1.54) is 17.6 Å². The molecule has 5 rings (SSSR count). The van der Waals surface area contributed by atoms with Gasteiger partial charge in [0, 0.05) is 15.5 Å². The number of halogens is 1. The maximum absolute atomic E-state index is 12.7. The van der Waals surface area contributed by atoms with Crippen molar-refractivity contribution >= 4 is 62.1 Å². The van der Waals surface area contributed by atoms with Crippen molar-refractivity contribution in [2.75, 3.05) is 7.11 Å². The first-order valence-electron chi connectivity index (χ1n) is 10.4. The number of rotatable bonds is 6. The monoisotopic (exact) mass is 504 g/mol. The Morgan fingerprint density at radius 3 is 2.57 bits per heavy atom. The number of carbonyl (C=O) groups excluding carboxylic acids is 2. The molecule has 0 aliphatic rings. The second kappa shape index (κ2) is 9.61. The third-order valence-electron chi connectivity index (χ3n) is 5.14. The molecule has 0 bridgehead atoms. The molecule has 1 amide bonds. The number of amides is 1. The zero-order chi connectivity index (χ0) is 24.4. The Bertz CT molecular complexity index is 1550. The van der Waals surface area contributed by atoms with Gasteiger partial charge in [-0.25, -0.2) is 10.2 Å². The SMILES string of the molecule is COc1ccc2c(Cl)c(C(=O)Oc3ccc(/C=N/NC(=O)c4cc5ccccc5o4)cc3)sc2c1. The van der Waals surface area contributed by atoms with Crippen molar-refractivity contribution in [2.45, 2.75) is 0 Å². The fourth-order valence-corrected chi connectivity index (χ4v) is 4.81. The Hall–Kier alpha value is -4.14. The number of methoxy groups -OCH3 is 1. The van der Waals surface area contributed by atoms with E-state index in [0.717, 1.165) is 15.5 Å². The van der Waals surface area contributed by atoms with E-state index in [1.807, 2.05) is 30.3 Å². The Labute approximate surface area is 208 Å². The van der Waals surface area contributed by atoms with E-state index in [9.17, 15) is 9.59 Å². The van der Waals surface area contributed by atoms with Crippen LogP contribution in [0.3, 0.4) is 0 Å². The van der Waals surface area contributed by atoms with Crippen LogP contribution in [-0.4, -0.2) is 25.2 Å². The number of benzene rings is 3. The minimum atomic E-state index is -0.547. The zero-order valence-electron chi connectivity index (χ0n) is 18.3. The van der Waals surface area contributed by atoms with Gasteiger partial charge in [0.25, 0.3) is 0 Å². The highest BCUT2D eigenvalue weighted by Crippen LogP contribution is 2.37. The predicted molar refractivity (Wildman–Crippen MR) is 136 cm³/mol. The van der Waals surface area contributed by atoms with Crippen LogP contribution in [0.1, 0.15) is 25.8 Å². The number of hydrogen-bond acceptors (Lipinski definition) is 7. The lowest BCUT2D eigenvalue weighted by Crippen LogP contribution is -2.16. The van der Waals surface area contributed by atoms with E-state index in [-0.39, 0.29) is 5.76 Å². The lowest BCUT2D eigenvalue weighted by molar-refractivity contribution is 0.0739. The van der Waals surface area contributed by atoms with Crippen molar-refractivity contribution in [3.8, 4) is 11.5 Å². The van der Waals surface area contributed by atoms with Gasteiger partial charge in [-0.15, -0.1) is 11.3 Å². The van der Waals surface area contributed by atoms with Gasteiger partial charge >= 0.3 is 11.9 Å². The average molecular weight is 505 g/mol. The number of fused-ring (bicyclic) bond motifs is 2. The molecule has 2 aromatic heterocycles. The van der Waals surface area contributed by atoms with Crippen molar-refractivity contribution in [3.63, 3.8) is 0 Å². The molecule has 9 heteroatoms. The maximum atomic E-state index is 12.7. The van der Waals surface area contributed by atoms with E-state index < -0.39 is 11.9 Å². The van der Waals surface area contributed by atoms with E-state index in [0.29, 0.717) is 32.5 Å². The molecular formula is C26H17ClN2O5S. The molecule has 0 aliphatic heterocycles. The summed E-state index contributed by atoms with van der Waals surface area (Å²) in [5.74, 6) is 0.199. The standard InChI is InChI=1S/C26H17ClN2O5S/c1-32-18-10-11-19-22(13-18)35-24(23(19)27)26(31)33-17-8-6-15(7-9-17)14-28-29-25(30)21-12-16-4-2-3-5-20(16)34-21/h2-14H,1H3,(H,29,30)/b28-14+. The first-order valence-corrected chi connectivity index (χ1v) is 11.6. The van der Waals surface area contributed by atoms with E-state index in [4.69, 9.17) is 25.5 Å². The summed E-state index contributed by atoms with van der Waals surface area (Å²) in [4.78, 5) is 25.2. The third-order valence-corrected chi connectivity index (χ3v) is 6.78. The van der Waals surface area contributed by atoms with Gasteiger partial charge in [0.05, 0.1) is 18.3 Å². The van der Waals surface area contributed by atoms with Gasteiger partial charge in [-0.2, -0.15) is 5.10 Å². The molecule has 0 unspecified atom stereocenters. The smallest absolute Gasteiger partial charge is 0.355 e. The Morgan fingerprint density at radius 1 is 1.03 bits per heavy atom. The molecule has 2 heterocycles. The Morgan fingerprint density at radius 2 is 1.80 bits per heavy atom. The number of ether oxygens (including phenoxy) is 2. The van der Waals surface area contributed by atoms with Crippen LogP contribution >= 0.6 is 22.9 Å². The van der Waals surface area contributed by atoms with Crippen LogP contribution in [-0.2, 0) is 0 Å². The van der Waals surface area contributed by atoms with Crippen LogP contribution in [0.4, 0.5) is 0 Å². The van der Waals surface area contributed by atoms with Crippen molar-refractivity contribution in [1.82, 2.24) is 5.43 Å². The molecule has 0 fully saturated rings. The number of carbonyl (C=O) groups is 2. The van der Waals surface area contributed by atoms with E-state index in [1.54, 1.807) is 49.6 Å². The number of nitrogens with one attached hydrogen (secondary N) is 1. The molecule has 0 spiro atoms. The van der Waals surface area contributed by atoms with Gasteiger partial charge in [-0.1, -0.05) is 29.8 Å². The highest BCUT2D eigenvalue weighted by Gasteiger charge is 2.19. The summed E-state index contributed by atoms with van der Waals surface area (Å²) in [7, 11) is 1.58. The van der Waals surface area contributed by atoms with Gasteiger partial charge in [-0.3, -0.25) is 4.79 Å². The topological polar surface area (TPSA) is 90.1 Å².